The maximum Gasteiger partial charge on any atom is 0.150 e. The lowest BCUT2D eigenvalue weighted by molar-refractivity contribution is -0.115. The Morgan fingerprint density at radius 2 is 1.42 bits per heavy atom. The van der Waals surface area contributed by atoms with Crippen LogP contribution in [0.1, 0.15) is 6.42 Å². The van der Waals surface area contributed by atoms with Gasteiger partial charge in [-0.2, -0.15) is 0 Å². The summed E-state index contributed by atoms with van der Waals surface area (Å²) >= 11 is 0. The van der Waals surface area contributed by atoms with Crippen LogP contribution in [0.2, 0.25) is 0 Å². The number of hydrogen-bond donors (Lipinski definition) is 0. The Labute approximate surface area is 74.0 Å². The molecule has 12 heavy (non-hydrogen) atoms. The Hall–Kier alpha value is -0.160. The second-order valence-electron chi connectivity index (χ2n) is 3.30. The first kappa shape index (κ1) is 9.92. The van der Waals surface area contributed by atoms with E-state index in [2.05, 4.69) is 23.9 Å². The molecule has 0 spiro atoms. The summed E-state index contributed by atoms with van der Waals surface area (Å²) in [5.74, 6) is 0. The minimum Gasteiger partial charge on any atom is -0.340 e. The predicted molar refractivity (Wildman–Crippen MR) is 46.6 cm³/mol. The van der Waals surface area contributed by atoms with Crippen molar-refractivity contribution in [2.45, 2.75) is 6.42 Å². The smallest absolute Gasteiger partial charge is 0.150 e. The standard InChI is InChI=1S/C8H18N2O2/c1-9-4-3-5-10(2)7-12-8-11-6-9/h3-8H2,1-2H3. The normalized spacial score (nSPS) is 25.5. The van der Waals surface area contributed by atoms with E-state index in [4.69, 9.17) is 9.47 Å². The molecule has 72 valence electrons. The van der Waals surface area contributed by atoms with Gasteiger partial charge in [0, 0.05) is 13.1 Å². The van der Waals surface area contributed by atoms with Crippen molar-refractivity contribution in [3.8, 4) is 0 Å². The summed E-state index contributed by atoms with van der Waals surface area (Å²) < 4.78 is 10.5. The fourth-order valence-corrected chi connectivity index (χ4v) is 1.18. The van der Waals surface area contributed by atoms with E-state index in [1.54, 1.807) is 0 Å². The van der Waals surface area contributed by atoms with E-state index in [1.807, 2.05) is 0 Å². The molecule has 1 aliphatic rings. The molecule has 0 aromatic rings. The molecule has 0 amide bonds. The molecule has 0 unspecified atom stereocenters. The third-order valence-corrected chi connectivity index (χ3v) is 1.87. The minimum absolute atomic E-state index is 0.397. The van der Waals surface area contributed by atoms with Crippen molar-refractivity contribution in [3.63, 3.8) is 0 Å². The van der Waals surface area contributed by atoms with Crippen LogP contribution in [0.15, 0.2) is 0 Å². The summed E-state index contributed by atoms with van der Waals surface area (Å²) in [5.41, 5.74) is 0. The molecule has 0 bridgehead atoms. The van der Waals surface area contributed by atoms with Crippen LogP contribution in [0, 0.1) is 0 Å². The van der Waals surface area contributed by atoms with E-state index in [0.717, 1.165) is 13.1 Å². The fourth-order valence-electron chi connectivity index (χ4n) is 1.18. The molecule has 1 heterocycles. The molecule has 0 saturated carbocycles. The van der Waals surface area contributed by atoms with Crippen molar-refractivity contribution < 1.29 is 9.47 Å². The molecule has 0 aromatic heterocycles. The Morgan fingerprint density at radius 3 is 1.92 bits per heavy atom. The molecule has 1 fully saturated rings. The van der Waals surface area contributed by atoms with E-state index in [0.29, 0.717) is 20.3 Å². The van der Waals surface area contributed by atoms with Gasteiger partial charge >= 0.3 is 0 Å². The average molecular weight is 174 g/mol. The lowest BCUT2D eigenvalue weighted by Crippen LogP contribution is -2.31. The largest absolute Gasteiger partial charge is 0.340 e. The van der Waals surface area contributed by atoms with Gasteiger partial charge in [-0.25, -0.2) is 0 Å². The first-order valence-corrected chi connectivity index (χ1v) is 4.31. The maximum absolute atomic E-state index is 5.25. The summed E-state index contributed by atoms with van der Waals surface area (Å²) in [4.78, 5) is 4.31. The number of rotatable bonds is 0. The number of hydrogen-bond acceptors (Lipinski definition) is 4. The molecule has 0 N–H and O–H groups in total. The van der Waals surface area contributed by atoms with Crippen LogP contribution in [0.4, 0.5) is 0 Å². The van der Waals surface area contributed by atoms with Gasteiger partial charge in [0.15, 0.2) is 0 Å². The zero-order chi connectivity index (χ0) is 8.81. The van der Waals surface area contributed by atoms with Crippen molar-refractivity contribution in [3.05, 3.63) is 0 Å². The van der Waals surface area contributed by atoms with Gasteiger partial charge in [0.05, 0.1) is 0 Å². The van der Waals surface area contributed by atoms with Gasteiger partial charge in [0.1, 0.15) is 20.3 Å². The van der Waals surface area contributed by atoms with Gasteiger partial charge in [-0.1, -0.05) is 0 Å². The van der Waals surface area contributed by atoms with E-state index in [9.17, 15) is 0 Å². The number of nitrogens with zero attached hydrogens (tertiary/aromatic N) is 2. The summed E-state index contributed by atoms with van der Waals surface area (Å²) in [6, 6.07) is 0. The lowest BCUT2D eigenvalue weighted by atomic mass is 10.4. The van der Waals surface area contributed by atoms with E-state index < -0.39 is 0 Å². The molecular formula is C8H18N2O2. The van der Waals surface area contributed by atoms with Gasteiger partial charge in [0.2, 0.25) is 0 Å². The van der Waals surface area contributed by atoms with Crippen LogP contribution in [-0.4, -0.2) is 57.2 Å². The SMILES string of the molecule is CN1CCCN(C)COCOC1. The third kappa shape index (κ3) is 4.01. The second-order valence-corrected chi connectivity index (χ2v) is 3.30. The van der Waals surface area contributed by atoms with Crippen LogP contribution >= 0.6 is 0 Å². The van der Waals surface area contributed by atoms with Crippen LogP contribution in [0.25, 0.3) is 0 Å². The topological polar surface area (TPSA) is 24.9 Å². The highest BCUT2D eigenvalue weighted by Gasteiger charge is 2.03. The van der Waals surface area contributed by atoms with Crippen LogP contribution in [0.3, 0.4) is 0 Å². The Balaban J connectivity index is 2.21. The summed E-state index contributed by atoms with van der Waals surface area (Å²) in [6.07, 6.45) is 1.17. The Bertz CT molecular complexity index is 110. The minimum atomic E-state index is 0.397. The van der Waals surface area contributed by atoms with Gasteiger partial charge < -0.3 is 9.47 Å². The maximum atomic E-state index is 5.25. The highest BCUT2D eigenvalue weighted by Crippen LogP contribution is 1.95. The highest BCUT2D eigenvalue weighted by molar-refractivity contribution is 4.51. The fraction of sp³-hybridized carbons (Fsp3) is 1.00. The Kier molecular flexibility index (Phi) is 4.53. The average Bonchev–Trinajstić information content (AvgIpc) is 2.04. The van der Waals surface area contributed by atoms with Crippen molar-refractivity contribution in [1.82, 2.24) is 9.80 Å². The molecule has 4 heteroatoms. The second kappa shape index (κ2) is 5.48. The lowest BCUT2D eigenvalue weighted by Gasteiger charge is -2.22. The van der Waals surface area contributed by atoms with Crippen molar-refractivity contribution >= 4 is 0 Å². The first-order valence-electron chi connectivity index (χ1n) is 4.31. The third-order valence-electron chi connectivity index (χ3n) is 1.87. The molecule has 1 saturated heterocycles. The van der Waals surface area contributed by atoms with Crippen LogP contribution < -0.4 is 0 Å². The quantitative estimate of drug-likeness (QED) is 0.522. The zero-order valence-corrected chi connectivity index (χ0v) is 7.95. The molecule has 0 aliphatic carbocycles. The predicted octanol–water partition coefficient (Wildman–Crippen LogP) is 0.159. The van der Waals surface area contributed by atoms with E-state index >= 15 is 0 Å². The van der Waals surface area contributed by atoms with Crippen molar-refractivity contribution in [2.75, 3.05) is 47.4 Å². The van der Waals surface area contributed by atoms with Gasteiger partial charge in [-0.05, 0) is 20.5 Å². The molecule has 1 rings (SSSR count). The zero-order valence-electron chi connectivity index (χ0n) is 7.95. The van der Waals surface area contributed by atoms with Crippen LogP contribution in [-0.2, 0) is 9.47 Å². The monoisotopic (exact) mass is 174 g/mol. The summed E-state index contributed by atoms with van der Waals surface area (Å²) in [6.45, 7) is 3.91. The van der Waals surface area contributed by atoms with E-state index in [-0.39, 0.29) is 0 Å². The van der Waals surface area contributed by atoms with E-state index in [1.165, 1.54) is 6.42 Å². The Morgan fingerprint density at radius 1 is 0.917 bits per heavy atom. The van der Waals surface area contributed by atoms with Crippen molar-refractivity contribution in [2.24, 2.45) is 0 Å². The van der Waals surface area contributed by atoms with Gasteiger partial charge in [0.25, 0.3) is 0 Å². The molecule has 0 atom stereocenters. The number of ether oxygens (including phenoxy) is 2. The summed E-state index contributed by atoms with van der Waals surface area (Å²) in [5, 5.41) is 0. The van der Waals surface area contributed by atoms with Gasteiger partial charge in [-0.3, -0.25) is 9.80 Å². The van der Waals surface area contributed by atoms with Crippen molar-refractivity contribution in [1.29, 1.82) is 0 Å². The highest BCUT2D eigenvalue weighted by atomic mass is 16.7. The summed E-state index contributed by atoms with van der Waals surface area (Å²) in [7, 11) is 4.11. The molecule has 0 radical (unpaired) electrons. The van der Waals surface area contributed by atoms with Crippen LogP contribution in [0.5, 0.6) is 0 Å². The first-order chi connectivity index (χ1) is 5.79. The molecule has 1 aliphatic heterocycles. The molecule has 4 nitrogen and oxygen atoms in total. The molecule has 0 aromatic carbocycles. The van der Waals surface area contributed by atoms with Gasteiger partial charge in [-0.15, -0.1) is 0 Å². The molecular weight excluding hydrogens is 156 g/mol.